The second-order valence-electron chi connectivity index (χ2n) is 8.39. The number of hydrogen-bond acceptors (Lipinski definition) is 3. The first kappa shape index (κ1) is 22.9. The maximum absolute atomic E-state index is 13.1. The fourth-order valence-electron chi connectivity index (χ4n) is 3.22. The van der Waals surface area contributed by atoms with Crippen LogP contribution in [0, 0.1) is 5.92 Å². The van der Waals surface area contributed by atoms with Gasteiger partial charge in [0, 0.05) is 22.4 Å². The molecule has 1 aromatic carbocycles. The molecule has 0 saturated carbocycles. The monoisotopic (exact) mass is 461 g/mol. The highest BCUT2D eigenvalue weighted by Gasteiger charge is 2.37. The second kappa shape index (κ2) is 9.39. The number of amides is 2. The molecule has 1 heterocycles. The summed E-state index contributed by atoms with van der Waals surface area (Å²) in [6.45, 7) is 9.33. The van der Waals surface area contributed by atoms with Crippen LogP contribution in [0.25, 0.3) is 11.1 Å². The SMILES string of the molecule is CC(C)C[C@H](C(=O)Nc1ccc(-c2ccncc2)cc1Br)N(C(=O)O)C(C)(C)C. The van der Waals surface area contributed by atoms with Crippen molar-refractivity contribution in [2.45, 2.75) is 52.6 Å². The van der Waals surface area contributed by atoms with E-state index in [1.54, 1.807) is 33.2 Å². The largest absolute Gasteiger partial charge is 0.465 e. The lowest BCUT2D eigenvalue weighted by Gasteiger charge is -2.39. The van der Waals surface area contributed by atoms with Crippen LogP contribution in [0.4, 0.5) is 10.5 Å². The van der Waals surface area contributed by atoms with E-state index in [-0.39, 0.29) is 11.8 Å². The molecule has 0 bridgehead atoms. The minimum atomic E-state index is -1.11. The molecule has 0 aliphatic rings. The summed E-state index contributed by atoms with van der Waals surface area (Å²) in [5, 5.41) is 12.7. The van der Waals surface area contributed by atoms with E-state index in [4.69, 9.17) is 0 Å². The van der Waals surface area contributed by atoms with Gasteiger partial charge in [0.1, 0.15) is 6.04 Å². The minimum absolute atomic E-state index is 0.160. The van der Waals surface area contributed by atoms with Gasteiger partial charge in [-0.2, -0.15) is 0 Å². The molecule has 0 spiro atoms. The van der Waals surface area contributed by atoms with Crippen molar-refractivity contribution in [1.29, 1.82) is 0 Å². The van der Waals surface area contributed by atoms with Gasteiger partial charge in [0.15, 0.2) is 0 Å². The van der Waals surface area contributed by atoms with Crippen LogP contribution in [0.3, 0.4) is 0 Å². The number of nitrogens with one attached hydrogen (secondary N) is 1. The molecule has 2 N–H and O–H groups in total. The molecule has 0 radical (unpaired) electrons. The van der Waals surface area contributed by atoms with Crippen molar-refractivity contribution >= 4 is 33.6 Å². The maximum Gasteiger partial charge on any atom is 0.408 e. The average molecular weight is 462 g/mol. The van der Waals surface area contributed by atoms with Crippen molar-refractivity contribution in [1.82, 2.24) is 9.88 Å². The number of hydrogen-bond donors (Lipinski definition) is 2. The fourth-order valence-corrected chi connectivity index (χ4v) is 3.70. The first-order valence-corrected chi connectivity index (χ1v) is 10.3. The van der Waals surface area contributed by atoms with Gasteiger partial charge in [-0.25, -0.2) is 4.79 Å². The summed E-state index contributed by atoms with van der Waals surface area (Å²) in [6, 6.07) is 8.66. The van der Waals surface area contributed by atoms with Crippen LogP contribution in [-0.4, -0.2) is 38.6 Å². The summed E-state index contributed by atoms with van der Waals surface area (Å²) < 4.78 is 0.723. The number of carboxylic acid groups (broad SMARTS) is 1. The number of halogens is 1. The summed E-state index contributed by atoms with van der Waals surface area (Å²) in [6.07, 6.45) is 2.78. The van der Waals surface area contributed by atoms with E-state index in [2.05, 4.69) is 26.2 Å². The zero-order valence-electron chi connectivity index (χ0n) is 17.4. The Bertz CT molecular complexity index is 863. The van der Waals surface area contributed by atoms with Crippen molar-refractivity contribution in [2.75, 3.05) is 5.32 Å². The Labute approximate surface area is 180 Å². The van der Waals surface area contributed by atoms with Gasteiger partial charge in [0.2, 0.25) is 5.91 Å². The molecule has 2 amide bonds. The topological polar surface area (TPSA) is 82.5 Å². The molecule has 156 valence electrons. The Kier molecular flexibility index (Phi) is 7.41. The normalized spacial score (nSPS) is 12.5. The summed E-state index contributed by atoms with van der Waals surface area (Å²) >= 11 is 3.52. The lowest BCUT2D eigenvalue weighted by Crippen LogP contribution is -2.56. The van der Waals surface area contributed by atoms with E-state index >= 15 is 0 Å². The van der Waals surface area contributed by atoms with Gasteiger partial charge in [-0.05, 0) is 84.4 Å². The molecule has 0 saturated heterocycles. The van der Waals surface area contributed by atoms with Gasteiger partial charge in [-0.3, -0.25) is 14.7 Å². The molecule has 29 heavy (non-hydrogen) atoms. The Hall–Kier alpha value is -2.41. The minimum Gasteiger partial charge on any atom is -0.465 e. The van der Waals surface area contributed by atoms with Crippen molar-refractivity contribution < 1.29 is 14.7 Å². The Morgan fingerprint density at radius 1 is 1.14 bits per heavy atom. The van der Waals surface area contributed by atoms with E-state index in [0.717, 1.165) is 15.6 Å². The number of pyridine rings is 1. The molecule has 0 unspecified atom stereocenters. The van der Waals surface area contributed by atoms with Crippen molar-refractivity contribution in [2.24, 2.45) is 5.92 Å². The number of rotatable bonds is 6. The Morgan fingerprint density at radius 3 is 2.24 bits per heavy atom. The predicted molar refractivity (Wildman–Crippen MR) is 119 cm³/mol. The van der Waals surface area contributed by atoms with E-state index in [1.807, 2.05) is 44.2 Å². The molecule has 7 heteroatoms. The van der Waals surface area contributed by atoms with E-state index in [0.29, 0.717) is 12.1 Å². The third kappa shape index (κ3) is 6.03. The van der Waals surface area contributed by atoms with Gasteiger partial charge >= 0.3 is 6.09 Å². The van der Waals surface area contributed by atoms with Gasteiger partial charge in [0.05, 0.1) is 5.69 Å². The van der Waals surface area contributed by atoms with Crippen LogP contribution in [0.5, 0.6) is 0 Å². The summed E-state index contributed by atoms with van der Waals surface area (Å²) in [5.41, 5.74) is 1.89. The maximum atomic E-state index is 13.1. The lowest BCUT2D eigenvalue weighted by molar-refractivity contribution is -0.123. The molecule has 1 atom stereocenters. The predicted octanol–water partition coefficient (Wildman–Crippen LogP) is 5.64. The molecule has 6 nitrogen and oxygen atoms in total. The molecule has 0 aliphatic carbocycles. The highest BCUT2D eigenvalue weighted by Crippen LogP contribution is 2.30. The van der Waals surface area contributed by atoms with Crippen LogP contribution in [-0.2, 0) is 4.79 Å². The van der Waals surface area contributed by atoms with E-state index in [9.17, 15) is 14.7 Å². The molecule has 1 aromatic heterocycles. The third-order valence-electron chi connectivity index (χ3n) is 4.48. The highest BCUT2D eigenvalue weighted by atomic mass is 79.9. The van der Waals surface area contributed by atoms with Crippen LogP contribution in [0.1, 0.15) is 41.0 Å². The number of nitrogens with zero attached hydrogens (tertiary/aromatic N) is 2. The summed E-state index contributed by atoms with van der Waals surface area (Å²) in [7, 11) is 0. The standard InChI is InChI=1S/C22H28BrN3O3/c1-14(2)12-19(26(21(28)29)22(3,4)5)20(27)25-18-7-6-16(13-17(18)23)15-8-10-24-11-9-15/h6-11,13-14,19H,12H2,1-5H3,(H,25,27)(H,28,29)/t19-/m1/s1. The molecule has 0 fully saturated rings. The van der Waals surface area contributed by atoms with Crippen LogP contribution in [0.15, 0.2) is 47.2 Å². The molecule has 2 aromatic rings. The zero-order chi connectivity index (χ0) is 21.8. The first-order chi connectivity index (χ1) is 13.5. The van der Waals surface area contributed by atoms with Gasteiger partial charge in [-0.1, -0.05) is 19.9 Å². The van der Waals surface area contributed by atoms with Gasteiger partial charge in [-0.15, -0.1) is 0 Å². The number of carbonyl (C=O) groups excluding carboxylic acids is 1. The first-order valence-electron chi connectivity index (χ1n) is 9.53. The molecule has 0 aliphatic heterocycles. The molecular weight excluding hydrogens is 434 g/mol. The number of anilines is 1. The van der Waals surface area contributed by atoms with Crippen molar-refractivity contribution in [3.05, 3.63) is 47.2 Å². The fraction of sp³-hybridized carbons (Fsp3) is 0.409. The van der Waals surface area contributed by atoms with Crippen LogP contribution < -0.4 is 5.32 Å². The molecular formula is C22H28BrN3O3. The van der Waals surface area contributed by atoms with E-state index in [1.165, 1.54) is 4.90 Å². The summed E-state index contributed by atoms with van der Waals surface area (Å²) in [5.74, 6) is -0.180. The smallest absolute Gasteiger partial charge is 0.408 e. The average Bonchev–Trinajstić information content (AvgIpc) is 2.61. The van der Waals surface area contributed by atoms with Gasteiger partial charge < -0.3 is 10.4 Å². The highest BCUT2D eigenvalue weighted by molar-refractivity contribution is 9.10. The van der Waals surface area contributed by atoms with Crippen molar-refractivity contribution in [3.8, 4) is 11.1 Å². The number of benzene rings is 1. The Morgan fingerprint density at radius 2 is 1.76 bits per heavy atom. The zero-order valence-corrected chi connectivity index (χ0v) is 19.0. The quantitative estimate of drug-likeness (QED) is 0.582. The van der Waals surface area contributed by atoms with E-state index < -0.39 is 17.7 Å². The summed E-state index contributed by atoms with van der Waals surface area (Å²) in [4.78, 5) is 30.3. The number of carbonyl (C=O) groups is 2. The van der Waals surface area contributed by atoms with Crippen LogP contribution >= 0.6 is 15.9 Å². The Balaban J connectivity index is 2.30. The molecule has 2 rings (SSSR count). The van der Waals surface area contributed by atoms with Crippen molar-refractivity contribution in [3.63, 3.8) is 0 Å². The number of aromatic nitrogens is 1. The third-order valence-corrected chi connectivity index (χ3v) is 5.13. The van der Waals surface area contributed by atoms with Crippen LogP contribution in [0.2, 0.25) is 0 Å². The lowest BCUT2D eigenvalue weighted by atomic mass is 9.96. The van der Waals surface area contributed by atoms with Gasteiger partial charge in [0.25, 0.3) is 0 Å². The second-order valence-corrected chi connectivity index (χ2v) is 9.24.